The molecule has 6 nitrogen and oxygen atoms in total. The van der Waals surface area contributed by atoms with Crippen LogP contribution in [0.5, 0.6) is 11.5 Å². The van der Waals surface area contributed by atoms with Crippen molar-refractivity contribution in [3.8, 4) is 11.5 Å². The van der Waals surface area contributed by atoms with E-state index < -0.39 is 6.61 Å². The molecule has 0 aromatic heterocycles. The van der Waals surface area contributed by atoms with Crippen LogP contribution in [0.25, 0.3) is 0 Å². The highest BCUT2D eigenvalue weighted by atomic mass is 19.3. The van der Waals surface area contributed by atoms with Gasteiger partial charge in [0.15, 0.2) is 5.96 Å². The van der Waals surface area contributed by atoms with Crippen molar-refractivity contribution in [2.24, 2.45) is 10.9 Å². The highest BCUT2D eigenvalue weighted by molar-refractivity contribution is 5.79. The molecule has 0 bridgehead atoms. The molecule has 1 fully saturated rings. The lowest BCUT2D eigenvalue weighted by atomic mass is 10.1. The maximum atomic E-state index is 12.7. The Kier molecular flexibility index (Phi) is 8.32. The van der Waals surface area contributed by atoms with Crippen molar-refractivity contribution in [1.29, 1.82) is 0 Å². The molecule has 31 heavy (non-hydrogen) atoms. The zero-order valence-corrected chi connectivity index (χ0v) is 18.0. The van der Waals surface area contributed by atoms with Crippen LogP contribution < -0.4 is 25.0 Å². The second kappa shape index (κ2) is 11.4. The van der Waals surface area contributed by atoms with E-state index >= 15 is 0 Å². The first-order chi connectivity index (χ1) is 15.1. The molecule has 1 aliphatic rings. The number of nitrogens with zero attached hydrogens (tertiary/aromatic N) is 2. The van der Waals surface area contributed by atoms with E-state index in [1.54, 1.807) is 12.1 Å². The van der Waals surface area contributed by atoms with Gasteiger partial charge in [0.25, 0.3) is 0 Å². The van der Waals surface area contributed by atoms with Crippen LogP contribution in [0, 0.1) is 5.92 Å². The summed E-state index contributed by atoms with van der Waals surface area (Å²) in [7, 11) is 1.53. The monoisotopic (exact) mass is 432 g/mol. The van der Waals surface area contributed by atoms with Crippen LogP contribution in [-0.2, 0) is 6.54 Å². The van der Waals surface area contributed by atoms with Gasteiger partial charge in [0.1, 0.15) is 11.5 Å². The maximum Gasteiger partial charge on any atom is 0.387 e. The quantitative estimate of drug-likeness (QED) is 0.465. The molecule has 2 N–H and O–H groups in total. The highest BCUT2D eigenvalue weighted by Crippen LogP contribution is 2.26. The SMILES string of the molecule is CCNC(=NCc1cc(OC)ccc1OC(F)F)NCC1CCN(c2ccccc2)C1. The Bertz CT molecular complexity index is 849. The number of hydrogen-bond donors (Lipinski definition) is 2. The first-order valence-corrected chi connectivity index (χ1v) is 10.5. The van der Waals surface area contributed by atoms with Crippen LogP contribution in [0.3, 0.4) is 0 Å². The van der Waals surface area contributed by atoms with Gasteiger partial charge in [0, 0.05) is 37.4 Å². The van der Waals surface area contributed by atoms with E-state index in [0.29, 0.717) is 29.7 Å². The second-order valence-corrected chi connectivity index (χ2v) is 7.36. The fourth-order valence-corrected chi connectivity index (χ4v) is 3.64. The predicted molar refractivity (Wildman–Crippen MR) is 119 cm³/mol. The number of guanidine groups is 1. The van der Waals surface area contributed by atoms with E-state index in [4.69, 9.17) is 4.74 Å². The van der Waals surface area contributed by atoms with Crippen LogP contribution in [0.4, 0.5) is 14.5 Å². The molecule has 3 rings (SSSR count). The molecule has 0 spiro atoms. The Morgan fingerprint density at radius 2 is 2.00 bits per heavy atom. The summed E-state index contributed by atoms with van der Waals surface area (Å²) in [5.74, 6) is 1.81. The molecule has 0 saturated carbocycles. The average Bonchev–Trinajstić information content (AvgIpc) is 3.26. The van der Waals surface area contributed by atoms with Crippen molar-refractivity contribution in [3.05, 3.63) is 54.1 Å². The van der Waals surface area contributed by atoms with E-state index in [-0.39, 0.29) is 12.3 Å². The Morgan fingerprint density at radius 3 is 2.71 bits per heavy atom. The van der Waals surface area contributed by atoms with Gasteiger partial charge in [-0.2, -0.15) is 8.78 Å². The zero-order chi connectivity index (χ0) is 22.1. The van der Waals surface area contributed by atoms with Gasteiger partial charge in [-0.05, 0) is 49.6 Å². The fourth-order valence-electron chi connectivity index (χ4n) is 3.64. The van der Waals surface area contributed by atoms with Crippen molar-refractivity contribution < 1.29 is 18.3 Å². The minimum Gasteiger partial charge on any atom is -0.497 e. The largest absolute Gasteiger partial charge is 0.497 e. The molecule has 0 radical (unpaired) electrons. The minimum atomic E-state index is -2.89. The standard InChI is InChI=1S/C23H30F2N4O2/c1-3-26-23(27-14-17-11-12-29(16-17)19-7-5-4-6-8-19)28-15-18-13-20(30-2)9-10-21(18)31-22(24)25/h4-10,13,17,22H,3,11-12,14-16H2,1-2H3,(H2,26,27,28). The van der Waals surface area contributed by atoms with Crippen LogP contribution in [0.15, 0.2) is 53.5 Å². The zero-order valence-electron chi connectivity index (χ0n) is 18.0. The van der Waals surface area contributed by atoms with Crippen molar-refractivity contribution in [2.45, 2.75) is 26.5 Å². The number of nitrogens with one attached hydrogen (secondary N) is 2. The smallest absolute Gasteiger partial charge is 0.387 e. The topological polar surface area (TPSA) is 58.1 Å². The summed E-state index contributed by atoms with van der Waals surface area (Å²) in [5, 5.41) is 6.60. The number of anilines is 1. The summed E-state index contributed by atoms with van der Waals surface area (Å²) in [6.07, 6.45) is 1.10. The van der Waals surface area contributed by atoms with E-state index in [9.17, 15) is 8.78 Å². The molecular formula is C23H30F2N4O2. The maximum absolute atomic E-state index is 12.7. The number of methoxy groups -OCH3 is 1. The third-order valence-corrected chi connectivity index (χ3v) is 5.20. The summed E-state index contributed by atoms with van der Waals surface area (Å²) in [5.41, 5.74) is 1.78. The fraction of sp³-hybridized carbons (Fsp3) is 0.435. The Labute approximate surface area is 182 Å². The summed E-state index contributed by atoms with van der Waals surface area (Å²) in [4.78, 5) is 6.96. The van der Waals surface area contributed by atoms with Crippen LogP contribution in [0.1, 0.15) is 18.9 Å². The molecule has 2 aromatic rings. The molecule has 1 atom stereocenters. The molecule has 1 saturated heterocycles. The summed E-state index contributed by atoms with van der Waals surface area (Å²) >= 11 is 0. The van der Waals surface area contributed by atoms with Crippen molar-refractivity contribution in [2.75, 3.05) is 38.2 Å². The van der Waals surface area contributed by atoms with E-state index in [0.717, 1.165) is 26.1 Å². The normalized spacial score (nSPS) is 16.5. The third kappa shape index (κ3) is 6.73. The molecule has 2 aromatic carbocycles. The number of ether oxygens (including phenoxy) is 2. The molecule has 0 aliphatic carbocycles. The van der Waals surface area contributed by atoms with Crippen LogP contribution >= 0.6 is 0 Å². The summed E-state index contributed by atoms with van der Waals surface area (Å²) in [6, 6.07) is 15.1. The molecular weight excluding hydrogens is 402 g/mol. The van der Waals surface area contributed by atoms with Crippen LogP contribution in [0.2, 0.25) is 0 Å². The highest BCUT2D eigenvalue weighted by Gasteiger charge is 2.22. The molecule has 1 aliphatic heterocycles. The van der Waals surface area contributed by atoms with Gasteiger partial charge in [-0.1, -0.05) is 18.2 Å². The van der Waals surface area contributed by atoms with Crippen molar-refractivity contribution in [1.82, 2.24) is 10.6 Å². The average molecular weight is 433 g/mol. The number of hydrogen-bond acceptors (Lipinski definition) is 4. The van der Waals surface area contributed by atoms with Gasteiger partial charge in [0.05, 0.1) is 13.7 Å². The Balaban J connectivity index is 1.60. The van der Waals surface area contributed by atoms with E-state index in [1.165, 1.54) is 18.9 Å². The van der Waals surface area contributed by atoms with Gasteiger partial charge in [-0.3, -0.25) is 0 Å². The lowest BCUT2D eigenvalue weighted by molar-refractivity contribution is -0.0504. The summed E-state index contributed by atoms with van der Waals surface area (Å²) < 4.78 is 35.3. The molecule has 1 unspecified atom stereocenters. The third-order valence-electron chi connectivity index (χ3n) is 5.20. The van der Waals surface area contributed by atoms with Crippen LogP contribution in [-0.4, -0.2) is 45.9 Å². The van der Waals surface area contributed by atoms with E-state index in [2.05, 4.69) is 49.5 Å². The molecule has 8 heteroatoms. The number of aliphatic imine (C=N–C) groups is 1. The number of benzene rings is 2. The molecule has 1 heterocycles. The molecule has 168 valence electrons. The first-order valence-electron chi connectivity index (χ1n) is 10.5. The van der Waals surface area contributed by atoms with Crippen molar-refractivity contribution in [3.63, 3.8) is 0 Å². The van der Waals surface area contributed by atoms with Crippen molar-refractivity contribution >= 4 is 11.6 Å². The lowest BCUT2D eigenvalue weighted by Gasteiger charge is -2.19. The molecule has 0 amide bonds. The lowest BCUT2D eigenvalue weighted by Crippen LogP contribution is -2.40. The van der Waals surface area contributed by atoms with Gasteiger partial charge in [0.2, 0.25) is 0 Å². The van der Waals surface area contributed by atoms with Gasteiger partial charge in [-0.25, -0.2) is 4.99 Å². The Hall–Kier alpha value is -3.03. The Morgan fingerprint density at radius 1 is 1.19 bits per heavy atom. The number of alkyl halides is 2. The number of halogens is 2. The summed E-state index contributed by atoms with van der Waals surface area (Å²) in [6.45, 7) is 2.79. The second-order valence-electron chi connectivity index (χ2n) is 7.36. The van der Waals surface area contributed by atoms with E-state index in [1.807, 2.05) is 13.0 Å². The predicted octanol–water partition coefficient (Wildman–Crippen LogP) is 3.88. The van der Waals surface area contributed by atoms with Gasteiger partial charge in [-0.15, -0.1) is 0 Å². The van der Waals surface area contributed by atoms with Gasteiger partial charge < -0.3 is 25.0 Å². The minimum absolute atomic E-state index is 0.102. The number of rotatable bonds is 9. The van der Waals surface area contributed by atoms with Gasteiger partial charge >= 0.3 is 6.61 Å². The number of para-hydroxylation sites is 1. The first kappa shape index (κ1) is 22.7.